The van der Waals surface area contributed by atoms with Gasteiger partial charge in [0.25, 0.3) is 6.71 Å². The van der Waals surface area contributed by atoms with Crippen molar-refractivity contribution in [3.05, 3.63) is 255 Å². The first-order valence-electron chi connectivity index (χ1n) is 25.1. The van der Waals surface area contributed by atoms with Crippen molar-refractivity contribution in [3.8, 4) is 45.3 Å². The zero-order valence-corrected chi connectivity index (χ0v) is 41.6. The molecule has 15 rings (SSSR count). The molecule has 346 valence electrons. The lowest BCUT2D eigenvalue weighted by molar-refractivity contribution is 0.480. The predicted molar refractivity (Wildman–Crippen MR) is 310 cm³/mol. The fourth-order valence-corrected chi connectivity index (χ4v) is 14.6. The topological polar surface area (TPSA) is 24.9 Å². The van der Waals surface area contributed by atoms with E-state index in [1.165, 1.54) is 69.0 Å². The summed E-state index contributed by atoms with van der Waals surface area (Å²) in [4.78, 5) is 9.95. The van der Waals surface area contributed by atoms with Gasteiger partial charge in [-0.2, -0.15) is 0 Å². The Labute approximate surface area is 440 Å². The number of para-hydroxylation sites is 5. The van der Waals surface area contributed by atoms with Crippen LogP contribution in [0.4, 0.5) is 34.1 Å². The Bertz CT molecular complexity index is 3980. The van der Waals surface area contributed by atoms with Crippen molar-refractivity contribution in [1.82, 2.24) is 0 Å². The molecule has 0 spiro atoms. The molecule has 8 heteroatoms. The van der Waals surface area contributed by atoms with E-state index in [1.54, 1.807) is 0 Å². The molecule has 0 bridgehead atoms. The van der Waals surface area contributed by atoms with Crippen molar-refractivity contribution >= 4 is 104 Å². The second kappa shape index (κ2) is 17.6. The Morgan fingerprint density at radius 2 is 0.770 bits per heavy atom. The summed E-state index contributed by atoms with van der Waals surface area (Å²) in [6, 6.07) is 91.8. The number of fused-ring (bicyclic) bond motifs is 8. The van der Waals surface area contributed by atoms with E-state index in [1.807, 2.05) is 84.2 Å². The Hall–Kier alpha value is -8.55. The number of rotatable bonds is 8. The highest BCUT2D eigenvalue weighted by Gasteiger charge is 2.50. The van der Waals surface area contributed by atoms with Crippen LogP contribution in [0.2, 0.25) is 0 Å². The molecule has 0 saturated carbocycles. The molecule has 0 aromatic heterocycles. The van der Waals surface area contributed by atoms with Gasteiger partial charge >= 0.3 is 0 Å². The second-order valence-corrected chi connectivity index (χ2v) is 21.2. The molecule has 0 radical (unpaired) electrons. The quantitative estimate of drug-likeness (QED) is 0.141. The molecule has 0 unspecified atom stereocenters. The molecule has 11 aromatic rings. The minimum absolute atomic E-state index is 0.0882. The third-order valence-electron chi connectivity index (χ3n) is 14.8. The van der Waals surface area contributed by atoms with Crippen molar-refractivity contribution in [2.24, 2.45) is 0 Å². The van der Waals surface area contributed by atoms with Crippen LogP contribution in [0, 0.1) is 0 Å². The van der Waals surface area contributed by atoms with Gasteiger partial charge in [0.15, 0.2) is 0 Å². The highest BCUT2D eigenvalue weighted by Crippen LogP contribution is 2.54. The summed E-state index contributed by atoms with van der Waals surface area (Å²) in [7, 11) is 0. The molecular weight excluding hydrogens is 938 g/mol. The summed E-state index contributed by atoms with van der Waals surface area (Å²) in [5, 5.41) is 0. The van der Waals surface area contributed by atoms with E-state index in [9.17, 15) is 0 Å². The number of hydrogen-bond acceptors (Lipinski definition) is 6. The first-order valence-corrected chi connectivity index (χ1v) is 26.8. The predicted octanol–water partition coefficient (Wildman–Crippen LogP) is 14.1. The van der Waals surface area contributed by atoms with Gasteiger partial charge in [0.1, 0.15) is 23.0 Å². The largest absolute Gasteiger partial charge is 0.457 e. The molecule has 0 amide bonds. The van der Waals surface area contributed by atoms with Gasteiger partial charge in [0.05, 0.1) is 5.69 Å². The number of anilines is 6. The van der Waals surface area contributed by atoms with E-state index in [4.69, 9.17) is 9.47 Å². The van der Waals surface area contributed by atoms with Gasteiger partial charge in [-0.15, -0.1) is 0 Å². The number of hydrogen-bond donors (Lipinski definition) is 0. The fourth-order valence-electron chi connectivity index (χ4n) is 11.9. The van der Waals surface area contributed by atoms with Crippen molar-refractivity contribution in [2.45, 2.75) is 19.6 Å². The highest BCUT2D eigenvalue weighted by molar-refractivity contribution is 8.01. The molecule has 74 heavy (non-hydrogen) atoms. The van der Waals surface area contributed by atoms with Crippen LogP contribution in [0.25, 0.3) is 22.3 Å². The van der Waals surface area contributed by atoms with Crippen LogP contribution in [-0.2, 0) is 0 Å². The molecule has 0 saturated heterocycles. The van der Waals surface area contributed by atoms with E-state index >= 15 is 0 Å². The third kappa shape index (κ3) is 6.89. The second-order valence-electron chi connectivity index (χ2n) is 19.0. The highest BCUT2D eigenvalue weighted by atomic mass is 32.2. The van der Waals surface area contributed by atoms with E-state index in [-0.39, 0.29) is 13.4 Å². The van der Waals surface area contributed by atoms with Gasteiger partial charge in [-0.25, -0.2) is 0 Å². The summed E-state index contributed by atoms with van der Waals surface area (Å²) < 4.78 is 13.7. The lowest BCUT2D eigenvalue weighted by Gasteiger charge is -2.47. The van der Waals surface area contributed by atoms with Gasteiger partial charge in [-0.3, -0.25) is 0 Å². The normalized spacial score (nSPS) is 13.2. The van der Waals surface area contributed by atoms with Crippen LogP contribution < -0.4 is 52.1 Å². The molecule has 11 aromatic carbocycles. The fraction of sp³-hybridized carbons (Fsp3) is 0. The van der Waals surface area contributed by atoms with Crippen LogP contribution in [0.15, 0.2) is 274 Å². The maximum atomic E-state index is 6.99. The Morgan fingerprint density at radius 3 is 1.39 bits per heavy atom. The zero-order chi connectivity index (χ0) is 48.7. The Morgan fingerprint density at radius 1 is 0.311 bits per heavy atom. The molecule has 4 aliphatic rings. The summed E-state index contributed by atoms with van der Waals surface area (Å²) in [5.41, 5.74) is 19.2. The van der Waals surface area contributed by atoms with Crippen LogP contribution in [-0.4, -0.2) is 13.4 Å². The van der Waals surface area contributed by atoms with Crippen molar-refractivity contribution in [3.63, 3.8) is 0 Å². The van der Waals surface area contributed by atoms with Crippen LogP contribution in [0.1, 0.15) is 0 Å². The summed E-state index contributed by atoms with van der Waals surface area (Å²) in [6.45, 7) is -0.282. The first kappa shape index (κ1) is 43.1. The maximum absolute atomic E-state index is 6.99. The lowest BCUT2D eigenvalue weighted by Crippen LogP contribution is -2.65. The lowest BCUT2D eigenvalue weighted by atomic mass is 9.29. The Kier molecular flexibility index (Phi) is 10.2. The minimum atomic E-state index is -0.194. The third-order valence-corrected chi connectivity index (χ3v) is 17.1. The monoisotopic (exact) mass is 980 g/mol. The van der Waals surface area contributed by atoms with Gasteiger partial charge in [0, 0.05) is 65.7 Å². The van der Waals surface area contributed by atoms with Gasteiger partial charge < -0.3 is 19.3 Å². The maximum Gasteiger partial charge on any atom is 0.252 e. The summed E-state index contributed by atoms with van der Waals surface area (Å²) in [6.07, 6.45) is 0. The van der Waals surface area contributed by atoms with E-state index < -0.39 is 0 Å². The van der Waals surface area contributed by atoms with Crippen LogP contribution in [0.3, 0.4) is 0 Å². The average Bonchev–Trinajstić information content (AvgIpc) is 3.52. The minimum Gasteiger partial charge on any atom is -0.457 e. The average molecular weight is 981 g/mol. The van der Waals surface area contributed by atoms with E-state index in [0.29, 0.717) is 0 Å². The van der Waals surface area contributed by atoms with Crippen molar-refractivity contribution < 1.29 is 9.47 Å². The van der Waals surface area contributed by atoms with Crippen LogP contribution in [0.5, 0.6) is 23.0 Å². The standard InChI is InChI=1S/C66H42B2N2O2S2/c1-7-23-43(24-8-1)59-63-65(60(44-25-9-2-10-26-44)66-64(59)68-52-36-20-22-38-56(52)73-57-41-50(42-58(74-66)62(57)68)72-48-33-17-6-18-34-48)70(46-29-13-4-14-30-46)55-40-49(71-47-31-15-5-16-32-47)39-54-61(55)67(63)51-35-19-21-37-53(51)69(54)45-27-11-3-12-28-45/h1-42H. The van der Waals surface area contributed by atoms with Gasteiger partial charge in [0.2, 0.25) is 6.71 Å². The molecule has 0 N–H and O–H groups in total. The first-order chi connectivity index (χ1) is 36.7. The van der Waals surface area contributed by atoms with E-state index in [0.717, 1.165) is 62.7 Å². The summed E-state index contributed by atoms with van der Waals surface area (Å²) in [5.74, 6) is 3.18. The van der Waals surface area contributed by atoms with Crippen LogP contribution >= 0.6 is 23.5 Å². The number of benzene rings is 11. The molecule has 0 aliphatic carbocycles. The van der Waals surface area contributed by atoms with Crippen molar-refractivity contribution in [2.75, 3.05) is 9.80 Å². The molecule has 4 aliphatic heterocycles. The molecular formula is C66H42B2N2O2S2. The van der Waals surface area contributed by atoms with Gasteiger partial charge in [-0.1, -0.05) is 199 Å². The summed E-state index contributed by atoms with van der Waals surface area (Å²) >= 11 is 3.75. The van der Waals surface area contributed by atoms with E-state index in [2.05, 4.69) is 204 Å². The molecule has 0 fully saturated rings. The smallest absolute Gasteiger partial charge is 0.252 e. The molecule has 4 nitrogen and oxygen atoms in total. The van der Waals surface area contributed by atoms with Crippen molar-refractivity contribution in [1.29, 1.82) is 0 Å². The zero-order valence-electron chi connectivity index (χ0n) is 39.9. The number of nitrogens with zero attached hydrogens (tertiary/aromatic N) is 2. The van der Waals surface area contributed by atoms with Gasteiger partial charge in [-0.05, 0) is 117 Å². The molecule has 4 heterocycles. The molecule has 0 atom stereocenters. The SMILES string of the molecule is c1ccc(Oc2cc3c4c(c2)Sc2c(c(-c5ccccc5)c5c(c2-c2ccccc2)N(c2ccccc2)c2cc(Oc6ccccc6)cc6c2B5c2ccccc2N6c2ccccc2)B4c2ccccc2S3)cc1. The Balaban J connectivity index is 1.12. The number of ether oxygens (including phenoxy) is 2.